The van der Waals surface area contributed by atoms with Crippen molar-refractivity contribution in [3.8, 4) is 0 Å². The van der Waals surface area contributed by atoms with Gasteiger partial charge in [0.1, 0.15) is 0 Å². The van der Waals surface area contributed by atoms with Gasteiger partial charge in [-0.2, -0.15) is 9.61 Å². The minimum atomic E-state index is -0.329. The molecular weight excluding hydrogens is 470 g/mol. The fraction of sp³-hybridized carbons (Fsp3) is 0.296. The van der Waals surface area contributed by atoms with Crippen LogP contribution in [0.4, 0.5) is 5.69 Å². The van der Waals surface area contributed by atoms with Gasteiger partial charge in [-0.25, -0.2) is 9.97 Å². The number of benzene rings is 2. The van der Waals surface area contributed by atoms with Crippen LogP contribution in [-0.2, 0) is 17.8 Å². The van der Waals surface area contributed by atoms with Gasteiger partial charge in [0.25, 0.3) is 0 Å². The molecule has 0 aliphatic carbocycles. The lowest BCUT2D eigenvalue weighted by Gasteiger charge is -2.15. The molecule has 0 radical (unpaired) electrons. The number of anilines is 1. The van der Waals surface area contributed by atoms with E-state index < -0.39 is 0 Å². The summed E-state index contributed by atoms with van der Waals surface area (Å²) >= 11 is 1.42. The SMILES string of the molecule is CC[C@H](Sc1nc2ccccc2c2nc(CCn3nc(C)cc3C)nn12)C(=O)Nc1cccc(C)c1. The van der Waals surface area contributed by atoms with E-state index in [9.17, 15) is 4.79 Å². The number of rotatable bonds is 8. The maximum atomic E-state index is 13.1. The fourth-order valence-electron chi connectivity index (χ4n) is 4.26. The van der Waals surface area contributed by atoms with E-state index in [1.165, 1.54) is 11.8 Å². The lowest BCUT2D eigenvalue weighted by molar-refractivity contribution is -0.115. The van der Waals surface area contributed by atoms with Crippen molar-refractivity contribution in [3.63, 3.8) is 0 Å². The number of thioether (sulfide) groups is 1. The molecule has 0 aliphatic rings. The number of carbonyl (C=O) groups excluding carboxylic acids is 1. The summed E-state index contributed by atoms with van der Waals surface area (Å²) in [4.78, 5) is 22.9. The first-order chi connectivity index (χ1) is 17.4. The predicted molar refractivity (Wildman–Crippen MR) is 143 cm³/mol. The first kappa shape index (κ1) is 24.0. The van der Waals surface area contributed by atoms with Crippen LogP contribution in [0.2, 0.25) is 0 Å². The van der Waals surface area contributed by atoms with Crippen LogP contribution in [-0.4, -0.2) is 40.5 Å². The van der Waals surface area contributed by atoms with Crippen molar-refractivity contribution in [2.24, 2.45) is 0 Å². The molecule has 2 aromatic carbocycles. The van der Waals surface area contributed by atoms with Crippen LogP contribution in [0.3, 0.4) is 0 Å². The lowest BCUT2D eigenvalue weighted by Crippen LogP contribution is -2.25. The van der Waals surface area contributed by atoms with Crippen molar-refractivity contribution in [1.82, 2.24) is 29.4 Å². The minimum Gasteiger partial charge on any atom is -0.325 e. The van der Waals surface area contributed by atoms with Crippen LogP contribution >= 0.6 is 11.8 Å². The van der Waals surface area contributed by atoms with E-state index in [4.69, 9.17) is 15.1 Å². The van der Waals surface area contributed by atoms with E-state index in [1.807, 2.05) is 74.0 Å². The number of para-hydroxylation sites is 1. The Morgan fingerprint density at radius 1 is 1.03 bits per heavy atom. The highest BCUT2D eigenvalue weighted by molar-refractivity contribution is 8.00. The van der Waals surface area contributed by atoms with E-state index in [1.54, 1.807) is 4.52 Å². The summed E-state index contributed by atoms with van der Waals surface area (Å²) in [5.74, 6) is 0.667. The Morgan fingerprint density at radius 2 is 1.86 bits per heavy atom. The normalized spacial score (nSPS) is 12.3. The first-order valence-corrected chi connectivity index (χ1v) is 13.0. The Balaban J connectivity index is 1.45. The van der Waals surface area contributed by atoms with Gasteiger partial charge in [-0.15, -0.1) is 5.10 Å². The predicted octanol–water partition coefficient (Wildman–Crippen LogP) is 5.15. The Labute approximate surface area is 214 Å². The van der Waals surface area contributed by atoms with Crippen molar-refractivity contribution in [1.29, 1.82) is 0 Å². The molecule has 8 nitrogen and oxygen atoms in total. The molecule has 0 fully saturated rings. The second-order valence-corrected chi connectivity index (χ2v) is 10.1. The lowest BCUT2D eigenvalue weighted by atomic mass is 10.2. The maximum Gasteiger partial charge on any atom is 0.237 e. The van der Waals surface area contributed by atoms with Crippen LogP contribution in [0.15, 0.2) is 59.8 Å². The van der Waals surface area contributed by atoms with Crippen molar-refractivity contribution in [3.05, 3.63) is 77.4 Å². The summed E-state index contributed by atoms with van der Waals surface area (Å²) < 4.78 is 3.77. The average molecular weight is 500 g/mol. The van der Waals surface area contributed by atoms with Gasteiger partial charge in [-0.05, 0) is 63.1 Å². The zero-order valence-corrected chi connectivity index (χ0v) is 21.7. The molecule has 1 N–H and O–H groups in total. The number of amides is 1. The van der Waals surface area contributed by atoms with Crippen molar-refractivity contribution in [2.75, 3.05) is 5.32 Å². The second-order valence-electron chi connectivity index (χ2n) is 8.95. The van der Waals surface area contributed by atoms with Gasteiger partial charge in [0.05, 0.1) is 16.5 Å². The second kappa shape index (κ2) is 10.1. The van der Waals surface area contributed by atoms with E-state index in [2.05, 4.69) is 23.4 Å². The van der Waals surface area contributed by atoms with E-state index >= 15 is 0 Å². The molecular formula is C27H29N7OS. The van der Waals surface area contributed by atoms with Gasteiger partial charge in [0.15, 0.2) is 16.6 Å². The Kier molecular flexibility index (Phi) is 6.73. The van der Waals surface area contributed by atoms with Crippen molar-refractivity contribution < 1.29 is 4.79 Å². The zero-order chi connectivity index (χ0) is 25.2. The summed E-state index contributed by atoms with van der Waals surface area (Å²) in [7, 11) is 0. The molecule has 5 rings (SSSR count). The summed E-state index contributed by atoms with van der Waals surface area (Å²) in [6.07, 6.45) is 1.30. The van der Waals surface area contributed by atoms with Crippen LogP contribution in [0.1, 0.15) is 36.1 Å². The third-order valence-corrected chi connectivity index (χ3v) is 7.35. The van der Waals surface area contributed by atoms with Gasteiger partial charge in [0.2, 0.25) is 5.91 Å². The molecule has 5 aromatic rings. The number of carbonyl (C=O) groups is 1. The van der Waals surface area contributed by atoms with Gasteiger partial charge in [-0.1, -0.05) is 43.0 Å². The summed E-state index contributed by atoms with van der Waals surface area (Å²) in [5, 5.41) is 13.7. The molecule has 3 heterocycles. The van der Waals surface area contributed by atoms with E-state index in [0.29, 0.717) is 24.5 Å². The number of fused-ring (bicyclic) bond motifs is 3. The van der Waals surface area contributed by atoms with Gasteiger partial charge < -0.3 is 5.32 Å². The number of nitrogens with one attached hydrogen (secondary N) is 1. The molecule has 1 amide bonds. The molecule has 0 spiro atoms. The number of aromatic nitrogens is 6. The zero-order valence-electron chi connectivity index (χ0n) is 20.9. The summed E-state index contributed by atoms with van der Waals surface area (Å²) in [6.45, 7) is 8.76. The topological polar surface area (TPSA) is 90.0 Å². The van der Waals surface area contributed by atoms with Gasteiger partial charge in [0, 0.05) is 29.7 Å². The minimum absolute atomic E-state index is 0.0546. The number of hydrogen-bond donors (Lipinski definition) is 1. The van der Waals surface area contributed by atoms with Crippen LogP contribution in [0.5, 0.6) is 0 Å². The summed E-state index contributed by atoms with van der Waals surface area (Å²) in [6, 6.07) is 17.8. The molecule has 0 bridgehead atoms. The highest BCUT2D eigenvalue weighted by Crippen LogP contribution is 2.29. The van der Waals surface area contributed by atoms with Crippen molar-refractivity contribution in [2.45, 2.75) is 57.5 Å². The van der Waals surface area contributed by atoms with E-state index in [-0.39, 0.29) is 11.2 Å². The molecule has 0 aliphatic heterocycles. The fourth-order valence-corrected chi connectivity index (χ4v) is 5.22. The monoisotopic (exact) mass is 499 g/mol. The van der Waals surface area contributed by atoms with Crippen LogP contribution in [0, 0.1) is 20.8 Å². The first-order valence-electron chi connectivity index (χ1n) is 12.1. The quantitative estimate of drug-likeness (QED) is 0.235. The average Bonchev–Trinajstić information content (AvgIpc) is 3.43. The third-order valence-electron chi connectivity index (χ3n) is 6.04. The number of hydrogen-bond acceptors (Lipinski definition) is 6. The molecule has 0 unspecified atom stereocenters. The molecule has 0 saturated carbocycles. The molecule has 184 valence electrons. The van der Waals surface area contributed by atoms with Crippen LogP contribution in [0.25, 0.3) is 16.6 Å². The Hall–Kier alpha value is -3.72. The van der Waals surface area contributed by atoms with Crippen molar-refractivity contribution >= 4 is 39.9 Å². The smallest absolute Gasteiger partial charge is 0.237 e. The molecule has 0 saturated heterocycles. The standard InChI is InChI=1S/C27H29N7OS/c1-5-23(26(35)28-20-10-8-9-17(2)15-20)36-27-29-22-12-7-6-11-21(22)25-30-24(32-34(25)27)13-14-33-19(4)16-18(3)31-33/h6-12,15-16,23H,5,13-14H2,1-4H3,(H,28,35)/t23-/m0/s1. The summed E-state index contributed by atoms with van der Waals surface area (Å²) in [5.41, 5.74) is 5.59. The van der Waals surface area contributed by atoms with E-state index in [0.717, 1.165) is 45.0 Å². The van der Waals surface area contributed by atoms with Gasteiger partial charge in [-0.3, -0.25) is 9.48 Å². The largest absolute Gasteiger partial charge is 0.325 e. The Morgan fingerprint density at radius 3 is 2.61 bits per heavy atom. The molecule has 1 atom stereocenters. The molecule has 36 heavy (non-hydrogen) atoms. The number of nitrogens with zero attached hydrogens (tertiary/aromatic N) is 6. The van der Waals surface area contributed by atoms with Crippen LogP contribution < -0.4 is 5.32 Å². The van der Waals surface area contributed by atoms with Gasteiger partial charge >= 0.3 is 0 Å². The highest BCUT2D eigenvalue weighted by Gasteiger charge is 2.23. The Bertz CT molecular complexity index is 1550. The molecule has 9 heteroatoms. The number of aryl methyl sites for hydroxylation is 5. The molecule has 3 aromatic heterocycles. The highest BCUT2D eigenvalue weighted by atomic mass is 32.2. The maximum absolute atomic E-state index is 13.1. The third kappa shape index (κ3) is 4.97.